The van der Waals surface area contributed by atoms with Crippen LogP contribution in [0.15, 0.2) is 136 Å². The quantitative estimate of drug-likeness (QED) is 0.211. The predicted octanol–water partition coefficient (Wildman–Crippen LogP) is 10.8. The van der Waals surface area contributed by atoms with Crippen LogP contribution in [-0.4, -0.2) is 4.57 Å². The summed E-state index contributed by atoms with van der Waals surface area (Å²) in [6.45, 7) is 0. The van der Waals surface area contributed by atoms with Crippen LogP contribution >= 0.6 is 0 Å². The highest BCUT2D eigenvalue weighted by molar-refractivity contribution is 6.25. The monoisotopic (exact) mass is 523 g/mol. The van der Waals surface area contributed by atoms with E-state index in [4.69, 9.17) is 8.83 Å². The van der Waals surface area contributed by atoms with Crippen molar-refractivity contribution < 1.29 is 8.83 Å². The summed E-state index contributed by atoms with van der Waals surface area (Å²) >= 11 is 0. The van der Waals surface area contributed by atoms with Crippen LogP contribution in [0.1, 0.15) is 0 Å². The summed E-state index contributed by atoms with van der Waals surface area (Å²) in [4.78, 5) is 0. The largest absolute Gasteiger partial charge is 0.456 e. The van der Waals surface area contributed by atoms with Gasteiger partial charge in [-0.2, -0.15) is 0 Å². The van der Waals surface area contributed by atoms with Crippen LogP contribution in [0.5, 0.6) is 0 Å². The second-order valence-corrected chi connectivity index (χ2v) is 11.0. The van der Waals surface area contributed by atoms with Gasteiger partial charge in [0, 0.05) is 38.0 Å². The van der Waals surface area contributed by atoms with E-state index in [2.05, 4.69) is 108 Å². The lowest BCUT2D eigenvalue weighted by molar-refractivity contribution is 0.668. The molecule has 0 saturated carbocycles. The molecule has 3 heteroatoms. The summed E-state index contributed by atoms with van der Waals surface area (Å²) in [6, 6.07) is 45.4. The Balaban J connectivity index is 1.29. The molecule has 3 heterocycles. The third-order valence-corrected chi connectivity index (χ3v) is 8.73. The van der Waals surface area contributed by atoms with Gasteiger partial charge < -0.3 is 13.4 Å². The molecule has 190 valence electrons. The number of hydrogen-bond donors (Lipinski definition) is 0. The van der Waals surface area contributed by atoms with Gasteiger partial charge >= 0.3 is 0 Å². The Labute approximate surface area is 233 Å². The molecular formula is C38H21NO2. The minimum Gasteiger partial charge on any atom is -0.456 e. The fourth-order valence-electron chi connectivity index (χ4n) is 6.90. The van der Waals surface area contributed by atoms with E-state index in [1.807, 2.05) is 24.3 Å². The molecule has 0 aliphatic carbocycles. The number of furan rings is 2. The normalized spacial score (nSPS) is 12.4. The van der Waals surface area contributed by atoms with Gasteiger partial charge in [-0.05, 0) is 82.6 Å². The zero-order valence-corrected chi connectivity index (χ0v) is 21.9. The Hall–Kier alpha value is -5.54. The SMILES string of the molecule is c1ccc2c(c1)oc1ccc(-c3cc4ccc5cccc6c5c4c(c3)n6-c3ccc4oc5ccccc5c4c3)cc12. The van der Waals surface area contributed by atoms with Crippen molar-refractivity contribution in [3.8, 4) is 16.8 Å². The van der Waals surface area contributed by atoms with Crippen molar-refractivity contribution in [3.63, 3.8) is 0 Å². The van der Waals surface area contributed by atoms with Crippen LogP contribution in [0.2, 0.25) is 0 Å². The van der Waals surface area contributed by atoms with Gasteiger partial charge in [-0.1, -0.05) is 66.7 Å². The molecule has 0 saturated heterocycles. The van der Waals surface area contributed by atoms with Gasteiger partial charge in [0.1, 0.15) is 22.3 Å². The van der Waals surface area contributed by atoms with Gasteiger partial charge in [0.05, 0.1) is 11.0 Å². The molecule has 0 N–H and O–H groups in total. The highest BCUT2D eigenvalue weighted by Crippen LogP contribution is 2.42. The smallest absolute Gasteiger partial charge is 0.135 e. The van der Waals surface area contributed by atoms with Crippen LogP contribution in [0.25, 0.3) is 93.3 Å². The van der Waals surface area contributed by atoms with Gasteiger partial charge in [-0.15, -0.1) is 0 Å². The summed E-state index contributed by atoms with van der Waals surface area (Å²) in [7, 11) is 0. The molecule has 0 bridgehead atoms. The Morgan fingerprint density at radius 1 is 0.390 bits per heavy atom. The second-order valence-electron chi connectivity index (χ2n) is 11.0. The molecule has 0 aliphatic rings. The molecule has 3 aromatic heterocycles. The standard InChI is InChI=1S/C38H21NO2/c1-3-10-33-27(7-1)29-19-23(14-16-35(29)40-33)25-18-24-13-12-22-6-5-9-31-37(22)38(24)32(20-25)39(31)26-15-17-36-30(21-26)28-8-2-4-11-34(28)41-36/h1-21H. The van der Waals surface area contributed by atoms with E-state index in [1.165, 1.54) is 43.7 Å². The Bertz CT molecular complexity index is 2650. The summed E-state index contributed by atoms with van der Waals surface area (Å²) in [5, 5.41) is 9.66. The topological polar surface area (TPSA) is 31.2 Å². The molecule has 3 nitrogen and oxygen atoms in total. The van der Waals surface area contributed by atoms with E-state index in [0.717, 1.165) is 49.6 Å². The summed E-state index contributed by atoms with van der Waals surface area (Å²) < 4.78 is 14.7. The fourth-order valence-corrected chi connectivity index (χ4v) is 6.90. The second kappa shape index (κ2) is 7.56. The summed E-state index contributed by atoms with van der Waals surface area (Å²) in [6.07, 6.45) is 0. The molecule has 0 atom stereocenters. The van der Waals surface area contributed by atoms with E-state index in [9.17, 15) is 0 Å². The highest BCUT2D eigenvalue weighted by Gasteiger charge is 2.19. The number of rotatable bonds is 2. The predicted molar refractivity (Wildman–Crippen MR) is 169 cm³/mol. The fraction of sp³-hybridized carbons (Fsp3) is 0. The highest BCUT2D eigenvalue weighted by atomic mass is 16.3. The first-order valence-corrected chi connectivity index (χ1v) is 13.9. The van der Waals surface area contributed by atoms with Gasteiger partial charge in [0.25, 0.3) is 0 Å². The molecule has 0 radical (unpaired) electrons. The van der Waals surface area contributed by atoms with E-state index >= 15 is 0 Å². The third kappa shape index (κ3) is 2.82. The maximum absolute atomic E-state index is 6.16. The lowest BCUT2D eigenvalue weighted by Crippen LogP contribution is -1.93. The number of nitrogens with zero attached hydrogens (tertiary/aromatic N) is 1. The minimum absolute atomic E-state index is 0.907. The van der Waals surface area contributed by atoms with Crippen molar-refractivity contribution in [1.82, 2.24) is 4.57 Å². The average molecular weight is 524 g/mol. The van der Waals surface area contributed by atoms with Gasteiger partial charge in [0.2, 0.25) is 0 Å². The van der Waals surface area contributed by atoms with Crippen LogP contribution < -0.4 is 0 Å². The molecule has 0 unspecified atom stereocenters. The lowest BCUT2D eigenvalue weighted by Gasteiger charge is -2.10. The number of hydrogen-bond acceptors (Lipinski definition) is 2. The van der Waals surface area contributed by atoms with Crippen molar-refractivity contribution in [2.75, 3.05) is 0 Å². The first kappa shape index (κ1) is 21.3. The van der Waals surface area contributed by atoms with Crippen LogP contribution in [-0.2, 0) is 0 Å². The van der Waals surface area contributed by atoms with Gasteiger partial charge in [-0.25, -0.2) is 0 Å². The Kier molecular flexibility index (Phi) is 3.93. The van der Waals surface area contributed by atoms with Crippen molar-refractivity contribution in [1.29, 1.82) is 0 Å². The summed E-state index contributed by atoms with van der Waals surface area (Å²) in [5.74, 6) is 0. The molecule has 0 amide bonds. The molecule has 10 rings (SSSR count). The Morgan fingerprint density at radius 3 is 1.85 bits per heavy atom. The van der Waals surface area contributed by atoms with Crippen molar-refractivity contribution in [2.24, 2.45) is 0 Å². The summed E-state index contributed by atoms with van der Waals surface area (Å²) in [5.41, 5.74) is 9.56. The third-order valence-electron chi connectivity index (χ3n) is 8.73. The number of fused-ring (bicyclic) bond motifs is 6. The first-order valence-electron chi connectivity index (χ1n) is 13.9. The van der Waals surface area contributed by atoms with Crippen molar-refractivity contribution in [3.05, 3.63) is 127 Å². The van der Waals surface area contributed by atoms with Crippen LogP contribution in [0.3, 0.4) is 0 Å². The van der Waals surface area contributed by atoms with E-state index in [-0.39, 0.29) is 0 Å². The maximum atomic E-state index is 6.16. The molecule has 10 aromatic rings. The van der Waals surface area contributed by atoms with Gasteiger partial charge in [0.15, 0.2) is 0 Å². The Morgan fingerprint density at radius 2 is 1.05 bits per heavy atom. The molecule has 7 aromatic carbocycles. The number of para-hydroxylation sites is 2. The van der Waals surface area contributed by atoms with Crippen LogP contribution in [0.4, 0.5) is 0 Å². The van der Waals surface area contributed by atoms with E-state index in [0.29, 0.717) is 0 Å². The maximum Gasteiger partial charge on any atom is 0.135 e. The molecule has 0 aliphatic heterocycles. The average Bonchev–Trinajstić information content (AvgIpc) is 3.69. The zero-order valence-electron chi connectivity index (χ0n) is 21.9. The van der Waals surface area contributed by atoms with E-state index < -0.39 is 0 Å². The molecule has 0 spiro atoms. The first-order chi connectivity index (χ1) is 20.3. The van der Waals surface area contributed by atoms with Crippen LogP contribution in [0, 0.1) is 0 Å². The molecular weight excluding hydrogens is 502 g/mol. The molecule has 0 fully saturated rings. The molecule has 41 heavy (non-hydrogen) atoms. The minimum atomic E-state index is 0.907. The number of aromatic nitrogens is 1. The van der Waals surface area contributed by atoms with Gasteiger partial charge in [-0.3, -0.25) is 0 Å². The zero-order chi connectivity index (χ0) is 26.7. The van der Waals surface area contributed by atoms with Crippen molar-refractivity contribution in [2.45, 2.75) is 0 Å². The lowest BCUT2D eigenvalue weighted by atomic mass is 9.96. The van der Waals surface area contributed by atoms with E-state index in [1.54, 1.807) is 0 Å². The van der Waals surface area contributed by atoms with Crippen molar-refractivity contribution >= 4 is 76.5 Å². The number of benzene rings is 7.